The van der Waals surface area contributed by atoms with Gasteiger partial charge in [0.15, 0.2) is 0 Å². The Hall–Kier alpha value is -2.41. The smallest absolute Gasteiger partial charge is 0.225 e. The number of hydrogen-bond donors (Lipinski definition) is 1. The number of anilines is 1. The molecular weight excluding hydrogens is 426 g/mol. The van der Waals surface area contributed by atoms with E-state index >= 15 is 0 Å². The van der Waals surface area contributed by atoms with Crippen molar-refractivity contribution in [1.29, 1.82) is 0 Å². The van der Waals surface area contributed by atoms with Gasteiger partial charge in [0.05, 0.1) is 11.2 Å². The molecule has 1 saturated heterocycles. The molecule has 3 aliphatic rings. The molecule has 170 valence electrons. The zero-order valence-electron chi connectivity index (χ0n) is 18.9. The van der Waals surface area contributed by atoms with Crippen molar-refractivity contribution in [1.82, 2.24) is 19.7 Å². The average Bonchev–Trinajstić information content (AvgIpc) is 3.47. The molecule has 2 aliphatic heterocycles. The molecule has 5 rings (SSSR count). The Labute approximate surface area is 193 Å². The van der Waals surface area contributed by atoms with Crippen LogP contribution >= 0.6 is 11.6 Å². The first-order valence-corrected chi connectivity index (χ1v) is 11.9. The van der Waals surface area contributed by atoms with Crippen LogP contribution in [0.1, 0.15) is 52.1 Å². The molecule has 1 saturated carbocycles. The van der Waals surface area contributed by atoms with Crippen molar-refractivity contribution in [3.63, 3.8) is 0 Å². The van der Waals surface area contributed by atoms with E-state index < -0.39 is 0 Å². The summed E-state index contributed by atoms with van der Waals surface area (Å²) in [4.78, 5) is 30.6. The van der Waals surface area contributed by atoms with Gasteiger partial charge >= 0.3 is 0 Å². The second-order valence-electron chi connectivity index (χ2n) is 10.5. The van der Waals surface area contributed by atoms with Crippen LogP contribution in [-0.2, 0) is 22.6 Å². The highest BCUT2D eigenvalue weighted by atomic mass is 35.5. The van der Waals surface area contributed by atoms with E-state index in [1.807, 2.05) is 21.8 Å². The quantitative estimate of drug-likeness (QED) is 0.734. The van der Waals surface area contributed by atoms with E-state index in [4.69, 9.17) is 11.6 Å². The van der Waals surface area contributed by atoms with E-state index in [9.17, 15) is 9.59 Å². The topological polar surface area (TPSA) is 80.1 Å². The van der Waals surface area contributed by atoms with Gasteiger partial charge in [-0.15, -0.1) is 0 Å². The number of carbonyl (C=O) groups is 2. The van der Waals surface area contributed by atoms with Gasteiger partial charge in [-0.2, -0.15) is 5.10 Å². The highest BCUT2D eigenvalue weighted by Crippen LogP contribution is 2.44. The van der Waals surface area contributed by atoms with Crippen LogP contribution in [0.4, 0.5) is 5.82 Å². The number of fused-ring (bicyclic) bond motifs is 3. The molecule has 1 aliphatic carbocycles. The van der Waals surface area contributed by atoms with Gasteiger partial charge in [0.25, 0.3) is 0 Å². The summed E-state index contributed by atoms with van der Waals surface area (Å²) in [6.45, 7) is 7.86. The summed E-state index contributed by atoms with van der Waals surface area (Å²) in [5, 5.41) is 8.04. The zero-order valence-corrected chi connectivity index (χ0v) is 19.7. The molecule has 32 heavy (non-hydrogen) atoms. The molecule has 2 bridgehead atoms. The predicted molar refractivity (Wildman–Crippen MR) is 123 cm³/mol. The molecule has 3 unspecified atom stereocenters. The van der Waals surface area contributed by atoms with Crippen molar-refractivity contribution in [3.8, 4) is 11.1 Å². The van der Waals surface area contributed by atoms with Crippen LogP contribution in [0.3, 0.4) is 0 Å². The number of halogens is 1. The third-order valence-electron chi connectivity index (χ3n) is 7.42. The minimum Gasteiger partial charge on any atom is -0.340 e. The number of likely N-dealkylation sites (tertiary alicyclic amines) is 1. The number of piperidine rings is 1. The molecule has 0 radical (unpaired) electrons. The Bertz CT molecular complexity index is 1080. The lowest BCUT2D eigenvalue weighted by Crippen LogP contribution is -2.38. The molecule has 8 heteroatoms. The Morgan fingerprint density at radius 2 is 2.06 bits per heavy atom. The summed E-state index contributed by atoms with van der Waals surface area (Å²) in [5.74, 6) is 1.71. The first kappa shape index (κ1) is 21.4. The maximum atomic E-state index is 12.6. The van der Waals surface area contributed by atoms with Crippen LogP contribution in [0.5, 0.6) is 0 Å². The number of carbonyl (C=O) groups excluding carboxylic acids is 2. The molecule has 0 spiro atoms. The van der Waals surface area contributed by atoms with Gasteiger partial charge in [-0.1, -0.05) is 25.4 Å². The summed E-state index contributed by atoms with van der Waals surface area (Å²) in [6.07, 6.45) is 7.81. The third-order valence-corrected chi connectivity index (χ3v) is 7.72. The average molecular weight is 456 g/mol. The van der Waals surface area contributed by atoms with Crippen LogP contribution in [-0.4, -0.2) is 44.1 Å². The largest absolute Gasteiger partial charge is 0.340 e. The second kappa shape index (κ2) is 7.87. The SMILES string of the molecule is CC(=O)N1CC2CC1CC2CCC(=O)Nc1cc(-c2cnn3c2CC(C)(C)C3)c(Cl)cn1. The van der Waals surface area contributed by atoms with Gasteiger partial charge in [0.2, 0.25) is 11.8 Å². The third kappa shape index (κ3) is 3.91. The van der Waals surface area contributed by atoms with E-state index in [1.165, 1.54) is 5.69 Å². The van der Waals surface area contributed by atoms with Crippen LogP contribution in [0.25, 0.3) is 11.1 Å². The van der Waals surface area contributed by atoms with Gasteiger partial charge in [-0.25, -0.2) is 4.98 Å². The van der Waals surface area contributed by atoms with Crippen molar-refractivity contribution >= 4 is 29.2 Å². The summed E-state index contributed by atoms with van der Waals surface area (Å²) in [5.41, 5.74) is 3.22. The number of amides is 2. The Kier molecular flexibility index (Phi) is 5.27. The number of aromatic nitrogens is 3. The standard InChI is InChI=1S/C24H30ClN5O2/c1-14(31)29-12-16-7-17(29)6-15(16)4-5-23(32)28-22-8-18(20(25)11-26-22)19-10-27-30-13-24(2,3)9-21(19)30/h8,10-11,15-17H,4-7,9,12-13H2,1-3H3,(H,26,28,32). The molecule has 4 heterocycles. The van der Waals surface area contributed by atoms with Crippen LogP contribution in [0, 0.1) is 17.3 Å². The maximum absolute atomic E-state index is 12.6. The lowest BCUT2D eigenvalue weighted by atomic mass is 9.89. The first-order valence-electron chi connectivity index (χ1n) is 11.5. The normalized spacial score (nSPS) is 25.2. The van der Waals surface area contributed by atoms with E-state index in [0.29, 0.717) is 35.1 Å². The van der Waals surface area contributed by atoms with Crippen molar-refractivity contribution < 1.29 is 9.59 Å². The van der Waals surface area contributed by atoms with E-state index in [-0.39, 0.29) is 17.2 Å². The number of rotatable bonds is 5. The minimum absolute atomic E-state index is 0.0293. The number of pyridine rings is 1. The van der Waals surface area contributed by atoms with Crippen LogP contribution in [0.15, 0.2) is 18.5 Å². The molecule has 0 aromatic carbocycles. The number of nitrogens with one attached hydrogen (secondary N) is 1. The Morgan fingerprint density at radius 1 is 1.25 bits per heavy atom. The minimum atomic E-state index is -0.0293. The van der Waals surface area contributed by atoms with Crippen LogP contribution in [0.2, 0.25) is 5.02 Å². The molecule has 1 N–H and O–H groups in total. The molecule has 2 aromatic rings. The Balaban J connectivity index is 1.22. The molecule has 7 nitrogen and oxygen atoms in total. The van der Waals surface area contributed by atoms with Gasteiger partial charge in [0, 0.05) is 55.5 Å². The van der Waals surface area contributed by atoms with Crippen molar-refractivity contribution in [2.45, 2.75) is 65.5 Å². The predicted octanol–water partition coefficient (Wildman–Crippen LogP) is 4.16. The van der Waals surface area contributed by atoms with Gasteiger partial charge < -0.3 is 10.2 Å². The van der Waals surface area contributed by atoms with E-state index in [0.717, 1.165) is 49.9 Å². The van der Waals surface area contributed by atoms with E-state index in [1.54, 1.807) is 13.1 Å². The molecule has 2 fully saturated rings. The maximum Gasteiger partial charge on any atom is 0.225 e. The monoisotopic (exact) mass is 455 g/mol. The highest BCUT2D eigenvalue weighted by Gasteiger charge is 2.45. The molecule has 2 amide bonds. The zero-order chi connectivity index (χ0) is 22.6. The van der Waals surface area contributed by atoms with Crippen molar-refractivity contribution in [2.24, 2.45) is 17.3 Å². The summed E-state index contributed by atoms with van der Waals surface area (Å²) in [7, 11) is 0. The summed E-state index contributed by atoms with van der Waals surface area (Å²) >= 11 is 6.47. The number of nitrogens with zero attached hydrogens (tertiary/aromatic N) is 4. The second-order valence-corrected chi connectivity index (χ2v) is 10.9. The highest BCUT2D eigenvalue weighted by molar-refractivity contribution is 6.33. The fourth-order valence-electron chi connectivity index (χ4n) is 5.91. The van der Waals surface area contributed by atoms with Gasteiger partial charge in [-0.05, 0) is 49.0 Å². The fraction of sp³-hybridized carbons (Fsp3) is 0.583. The fourth-order valence-corrected chi connectivity index (χ4v) is 6.11. The molecule has 2 aromatic heterocycles. The van der Waals surface area contributed by atoms with Crippen LogP contribution < -0.4 is 5.32 Å². The van der Waals surface area contributed by atoms with Gasteiger partial charge in [-0.3, -0.25) is 14.3 Å². The Morgan fingerprint density at radius 3 is 2.78 bits per heavy atom. The summed E-state index contributed by atoms with van der Waals surface area (Å²) < 4.78 is 2.05. The van der Waals surface area contributed by atoms with Crippen molar-refractivity contribution in [3.05, 3.63) is 29.2 Å². The first-order chi connectivity index (χ1) is 15.2. The lowest BCUT2D eigenvalue weighted by Gasteiger charge is -2.30. The number of hydrogen-bond acceptors (Lipinski definition) is 4. The lowest BCUT2D eigenvalue weighted by molar-refractivity contribution is -0.131. The molecule has 3 atom stereocenters. The molecular formula is C24H30ClN5O2. The van der Waals surface area contributed by atoms with Crippen molar-refractivity contribution in [2.75, 3.05) is 11.9 Å². The van der Waals surface area contributed by atoms with E-state index in [2.05, 4.69) is 29.2 Å². The van der Waals surface area contributed by atoms with Gasteiger partial charge in [0.1, 0.15) is 5.82 Å². The summed E-state index contributed by atoms with van der Waals surface area (Å²) in [6, 6.07) is 2.22.